The molecule has 0 bridgehead atoms. The number of likely N-dealkylation sites (N-methyl/N-ethyl adjacent to an activating group) is 1. The van der Waals surface area contributed by atoms with Crippen LogP contribution in [-0.2, 0) is 20.1 Å². The van der Waals surface area contributed by atoms with E-state index >= 15 is 0 Å². The lowest BCUT2D eigenvalue weighted by atomic mass is 10.1. The van der Waals surface area contributed by atoms with Gasteiger partial charge in [-0.3, -0.25) is 14.6 Å². The van der Waals surface area contributed by atoms with Crippen molar-refractivity contribution in [2.75, 3.05) is 37.8 Å². The summed E-state index contributed by atoms with van der Waals surface area (Å²) < 4.78 is 19.1. The summed E-state index contributed by atoms with van der Waals surface area (Å²) >= 11 is 3.27. The van der Waals surface area contributed by atoms with Gasteiger partial charge in [0.2, 0.25) is 5.91 Å². The molecule has 0 radical (unpaired) electrons. The number of nitrogens with one attached hydrogen (secondary N) is 1. The van der Waals surface area contributed by atoms with Crippen LogP contribution in [0.4, 0.5) is 10.1 Å². The number of rotatable bonds is 8. The van der Waals surface area contributed by atoms with E-state index in [-0.39, 0.29) is 6.54 Å². The molecule has 3 rings (SSSR count). The number of esters is 1. The number of aliphatic imine (C=N–C) groups is 1. The first-order valence-corrected chi connectivity index (χ1v) is 11.7. The molecule has 7 nitrogen and oxygen atoms in total. The number of anilines is 1. The molecule has 2 aromatic rings. The third-order valence-corrected chi connectivity index (χ3v) is 6.71. The zero-order chi connectivity index (χ0) is 22.9. The summed E-state index contributed by atoms with van der Waals surface area (Å²) in [4.78, 5) is 42.4. The van der Waals surface area contributed by atoms with Crippen molar-refractivity contribution in [3.8, 4) is 0 Å². The molecule has 0 aromatic heterocycles. The topological polar surface area (TPSA) is 88.1 Å². The fourth-order valence-electron chi connectivity index (χ4n) is 2.74. The number of halogens is 1. The average Bonchev–Trinajstić information content (AvgIpc) is 3.31. The van der Waals surface area contributed by atoms with Crippen LogP contribution < -0.4 is 5.32 Å². The smallest absolute Gasteiger partial charge is 0.338 e. The summed E-state index contributed by atoms with van der Waals surface area (Å²) in [6, 6.07) is 12.4. The number of nitrogens with zero attached hydrogens (tertiary/aromatic N) is 2. The molecule has 0 fully saturated rings. The van der Waals surface area contributed by atoms with Crippen LogP contribution in [0.15, 0.2) is 53.5 Å². The molecule has 0 unspecified atom stereocenters. The van der Waals surface area contributed by atoms with Crippen LogP contribution in [0.5, 0.6) is 0 Å². The Bertz CT molecular complexity index is 1010. The third kappa shape index (κ3) is 7.10. The lowest BCUT2D eigenvalue weighted by Gasteiger charge is -2.17. The van der Waals surface area contributed by atoms with Crippen LogP contribution in [-0.4, -0.2) is 59.6 Å². The molecule has 0 aliphatic carbocycles. The number of benzene rings is 2. The summed E-state index contributed by atoms with van der Waals surface area (Å²) in [7, 11) is 1.44. The van der Waals surface area contributed by atoms with Crippen LogP contribution in [0.1, 0.15) is 15.9 Å². The van der Waals surface area contributed by atoms with E-state index in [0.717, 1.165) is 27.1 Å². The second-order valence-electron chi connectivity index (χ2n) is 6.82. The Morgan fingerprint density at radius 3 is 2.66 bits per heavy atom. The zero-order valence-corrected chi connectivity index (χ0v) is 19.0. The predicted molar refractivity (Wildman–Crippen MR) is 125 cm³/mol. The molecule has 0 atom stereocenters. The molecule has 1 heterocycles. The van der Waals surface area contributed by atoms with Gasteiger partial charge >= 0.3 is 5.97 Å². The van der Waals surface area contributed by atoms with Crippen molar-refractivity contribution in [3.05, 3.63) is 65.5 Å². The van der Waals surface area contributed by atoms with E-state index in [1.807, 2.05) is 12.1 Å². The van der Waals surface area contributed by atoms with Gasteiger partial charge in [0.15, 0.2) is 6.61 Å². The molecule has 1 aliphatic rings. The van der Waals surface area contributed by atoms with E-state index in [4.69, 9.17) is 4.74 Å². The van der Waals surface area contributed by atoms with Gasteiger partial charge in [0.25, 0.3) is 5.91 Å². The van der Waals surface area contributed by atoms with Crippen molar-refractivity contribution >= 4 is 51.4 Å². The van der Waals surface area contributed by atoms with Gasteiger partial charge in [-0.15, -0.1) is 0 Å². The van der Waals surface area contributed by atoms with Crippen molar-refractivity contribution in [2.45, 2.75) is 5.75 Å². The summed E-state index contributed by atoms with van der Waals surface area (Å²) in [5.41, 5.74) is 1.62. The maximum absolute atomic E-state index is 12.9. The van der Waals surface area contributed by atoms with E-state index in [0.29, 0.717) is 17.0 Å². The van der Waals surface area contributed by atoms with Gasteiger partial charge in [-0.05, 0) is 35.9 Å². The van der Waals surface area contributed by atoms with Crippen molar-refractivity contribution in [1.82, 2.24) is 4.90 Å². The van der Waals surface area contributed by atoms with Gasteiger partial charge in [-0.25, -0.2) is 9.18 Å². The number of carbonyl (C=O) groups excluding carboxylic acids is 3. The second-order valence-corrected chi connectivity index (χ2v) is 9.13. The summed E-state index contributed by atoms with van der Waals surface area (Å²) in [5.74, 6) is -0.425. The third-order valence-electron chi connectivity index (χ3n) is 4.41. The lowest BCUT2D eigenvalue weighted by Crippen LogP contribution is -2.37. The fraction of sp³-hybridized carbons (Fsp3) is 0.273. The summed E-state index contributed by atoms with van der Waals surface area (Å²) in [6.45, 7) is 0.0954. The Kier molecular flexibility index (Phi) is 8.69. The van der Waals surface area contributed by atoms with E-state index in [1.165, 1.54) is 31.3 Å². The van der Waals surface area contributed by atoms with Crippen LogP contribution in [0.25, 0.3) is 0 Å². The molecule has 2 aromatic carbocycles. The standard InChI is InChI=1S/C22H22FN3O4S2/c1-26(12-19(27)25-17-8-6-16(23)7-9-17)20(28)13-30-21(29)18-5-3-2-4-15(18)14-32-22-24-10-11-31-22/h2-9H,10-14H2,1H3,(H,25,27). The SMILES string of the molecule is CN(CC(=O)Nc1ccc(F)cc1)C(=O)COC(=O)c1ccccc1CSC1=NCCS1. The minimum absolute atomic E-state index is 0.235. The number of hydrogen-bond acceptors (Lipinski definition) is 7. The number of hydrogen-bond donors (Lipinski definition) is 1. The van der Waals surface area contributed by atoms with Gasteiger partial charge in [0, 0.05) is 24.2 Å². The first-order chi connectivity index (χ1) is 15.4. The molecule has 1 aliphatic heterocycles. The van der Waals surface area contributed by atoms with Crippen LogP contribution in [0.3, 0.4) is 0 Å². The van der Waals surface area contributed by atoms with E-state index in [2.05, 4.69) is 10.3 Å². The molecule has 0 saturated heterocycles. The highest BCUT2D eigenvalue weighted by molar-refractivity contribution is 8.38. The minimum Gasteiger partial charge on any atom is -0.452 e. The largest absolute Gasteiger partial charge is 0.452 e. The van der Waals surface area contributed by atoms with Crippen LogP contribution in [0, 0.1) is 5.82 Å². The fourth-order valence-corrected chi connectivity index (χ4v) is 4.75. The van der Waals surface area contributed by atoms with Crippen LogP contribution >= 0.6 is 23.5 Å². The number of ether oxygens (including phenoxy) is 1. The lowest BCUT2D eigenvalue weighted by molar-refractivity contribution is -0.136. The van der Waals surface area contributed by atoms with Gasteiger partial charge in [-0.1, -0.05) is 41.7 Å². The number of amides is 2. The van der Waals surface area contributed by atoms with Gasteiger partial charge in [-0.2, -0.15) is 0 Å². The molecule has 2 amide bonds. The molecule has 10 heteroatoms. The van der Waals surface area contributed by atoms with E-state index in [9.17, 15) is 18.8 Å². The highest BCUT2D eigenvalue weighted by Crippen LogP contribution is 2.26. The molecular weight excluding hydrogens is 453 g/mol. The van der Waals surface area contributed by atoms with Gasteiger partial charge in [0.05, 0.1) is 18.7 Å². The van der Waals surface area contributed by atoms with Crippen molar-refractivity contribution in [1.29, 1.82) is 0 Å². The average molecular weight is 476 g/mol. The van der Waals surface area contributed by atoms with Gasteiger partial charge in [0.1, 0.15) is 10.2 Å². The Morgan fingerprint density at radius 2 is 1.94 bits per heavy atom. The highest BCUT2D eigenvalue weighted by Gasteiger charge is 2.18. The van der Waals surface area contributed by atoms with Crippen LogP contribution in [0.2, 0.25) is 0 Å². The van der Waals surface area contributed by atoms with E-state index in [1.54, 1.807) is 35.7 Å². The maximum Gasteiger partial charge on any atom is 0.338 e. The highest BCUT2D eigenvalue weighted by atomic mass is 32.2. The van der Waals surface area contributed by atoms with Crippen molar-refractivity contribution in [3.63, 3.8) is 0 Å². The Balaban J connectivity index is 1.48. The second kappa shape index (κ2) is 11.7. The number of carbonyl (C=O) groups is 3. The number of thioether (sulfide) groups is 2. The maximum atomic E-state index is 12.9. The molecule has 0 spiro atoms. The van der Waals surface area contributed by atoms with Crippen molar-refractivity contribution < 1.29 is 23.5 Å². The van der Waals surface area contributed by atoms with E-state index < -0.39 is 30.2 Å². The normalized spacial score (nSPS) is 12.8. The molecule has 32 heavy (non-hydrogen) atoms. The molecule has 168 valence electrons. The Hall–Kier alpha value is -2.85. The summed E-state index contributed by atoms with van der Waals surface area (Å²) in [6.07, 6.45) is 0. The molecule has 1 N–H and O–H groups in total. The molecular formula is C22H22FN3O4S2. The summed E-state index contributed by atoms with van der Waals surface area (Å²) in [5, 5.41) is 2.57. The first-order valence-electron chi connectivity index (χ1n) is 9.77. The predicted octanol–water partition coefficient (Wildman–Crippen LogP) is 3.42. The minimum atomic E-state index is -0.597. The van der Waals surface area contributed by atoms with Crippen molar-refractivity contribution in [2.24, 2.45) is 4.99 Å². The Morgan fingerprint density at radius 1 is 1.19 bits per heavy atom. The Labute approximate surface area is 193 Å². The quantitative estimate of drug-likeness (QED) is 0.589. The van der Waals surface area contributed by atoms with Gasteiger partial charge < -0.3 is 15.0 Å². The first kappa shape index (κ1) is 23.8. The molecule has 0 saturated carbocycles. The monoisotopic (exact) mass is 475 g/mol. The zero-order valence-electron chi connectivity index (χ0n) is 17.4.